The largest absolute Gasteiger partial charge is 0.508 e. The minimum Gasteiger partial charge on any atom is -0.508 e. The van der Waals surface area contributed by atoms with Gasteiger partial charge >= 0.3 is 12.1 Å². The Bertz CT molecular complexity index is 966. The number of aliphatic carboxylic acids is 1. The SMILES string of the molecule is C[C@@H](CC/C=C/C(=O)O)[C@H](OC(=O)Nc1ccc(C#N)cc1)c1cc(Br)ccc1O. The average Bonchev–Trinajstić information content (AvgIpc) is 2.71. The molecule has 2 aromatic rings. The summed E-state index contributed by atoms with van der Waals surface area (Å²) >= 11 is 3.36. The van der Waals surface area contributed by atoms with Crippen LogP contribution in [0.2, 0.25) is 0 Å². The molecule has 0 unspecified atom stereocenters. The van der Waals surface area contributed by atoms with E-state index in [1.807, 2.05) is 13.0 Å². The van der Waals surface area contributed by atoms with Gasteiger partial charge < -0.3 is 14.9 Å². The van der Waals surface area contributed by atoms with E-state index in [0.717, 1.165) is 10.5 Å². The fourth-order valence-electron chi connectivity index (χ4n) is 2.82. The summed E-state index contributed by atoms with van der Waals surface area (Å²) < 4.78 is 6.35. The Hall–Kier alpha value is -3.31. The maximum Gasteiger partial charge on any atom is 0.412 e. The van der Waals surface area contributed by atoms with Crippen molar-refractivity contribution in [3.05, 3.63) is 70.2 Å². The number of halogens is 1. The van der Waals surface area contributed by atoms with Crippen LogP contribution in [0.1, 0.15) is 37.0 Å². The molecule has 30 heavy (non-hydrogen) atoms. The number of carbonyl (C=O) groups excluding carboxylic acids is 1. The summed E-state index contributed by atoms with van der Waals surface area (Å²) in [5.41, 5.74) is 1.37. The highest BCUT2D eigenvalue weighted by Crippen LogP contribution is 2.36. The highest BCUT2D eigenvalue weighted by atomic mass is 79.9. The lowest BCUT2D eigenvalue weighted by Crippen LogP contribution is -2.22. The van der Waals surface area contributed by atoms with Gasteiger partial charge in [0.25, 0.3) is 0 Å². The van der Waals surface area contributed by atoms with Gasteiger partial charge in [0, 0.05) is 21.8 Å². The second-order valence-corrected chi connectivity index (χ2v) is 7.55. The van der Waals surface area contributed by atoms with Gasteiger partial charge in [-0.2, -0.15) is 5.26 Å². The number of carboxylic acids is 1. The van der Waals surface area contributed by atoms with Crippen LogP contribution < -0.4 is 5.32 Å². The smallest absolute Gasteiger partial charge is 0.412 e. The standard InChI is InChI=1S/C22H21BrN2O5/c1-14(4-2-3-5-20(27)28)21(18-12-16(23)8-11-19(18)26)30-22(29)25-17-9-6-15(13-24)7-10-17/h3,5-12,14,21,26H,2,4H2,1H3,(H,25,29)(H,27,28)/b5-3+/t14-,21-/m0/s1. The number of anilines is 1. The fourth-order valence-corrected chi connectivity index (χ4v) is 3.20. The van der Waals surface area contributed by atoms with Crippen LogP contribution in [0.15, 0.2) is 59.1 Å². The molecule has 0 saturated carbocycles. The average molecular weight is 473 g/mol. The van der Waals surface area contributed by atoms with Gasteiger partial charge in [-0.15, -0.1) is 0 Å². The van der Waals surface area contributed by atoms with E-state index < -0.39 is 18.2 Å². The van der Waals surface area contributed by atoms with Crippen LogP contribution in [0.4, 0.5) is 10.5 Å². The van der Waals surface area contributed by atoms with E-state index in [4.69, 9.17) is 15.1 Å². The quantitative estimate of drug-likeness (QED) is 0.444. The Morgan fingerprint density at radius 2 is 1.97 bits per heavy atom. The molecule has 156 valence electrons. The van der Waals surface area contributed by atoms with Crippen molar-refractivity contribution in [1.82, 2.24) is 0 Å². The van der Waals surface area contributed by atoms with Gasteiger partial charge in [0.15, 0.2) is 0 Å². The molecule has 7 nitrogen and oxygen atoms in total. The number of hydrogen-bond acceptors (Lipinski definition) is 5. The third-order valence-corrected chi connectivity index (χ3v) is 4.85. The molecule has 0 heterocycles. The third kappa shape index (κ3) is 6.94. The van der Waals surface area contributed by atoms with Crippen molar-refractivity contribution in [2.75, 3.05) is 5.32 Å². The Kier molecular flexibility index (Phi) is 8.44. The Balaban J connectivity index is 2.17. The number of carbonyl (C=O) groups is 2. The lowest BCUT2D eigenvalue weighted by molar-refractivity contribution is -0.131. The van der Waals surface area contributed by atoms with E-state index >= 15 is 0 Å². The second kappa shape index (κ2) is 11.0. The number of carboxylic acid groups (broad SMARTS) is 1. The van der Waals surface area contributed by atoms with Crippen LogP contribution >= 0.6 is 15.9 Å². The predicted octanol–water partition coefficient (Wildman–Crippen LogP) is 5.37. The molecule has 2 aromatic carbocycles. The molecular formula is C22H21BrN2O5. The number of rotatable bonds is 8. The van der Waals surface area contributed by atoms with Gasteiger partial charge in [0.2, 0.25) is 0 Å². The zero-order chi connectivity index (χ0) is 22.1. The summed E-state index contributed by atoms with van der Waals surface area (Å²) in [6, 6.07) is 13.2. The second-order valence-electron chi connectivity index (χ2n) is 6.64. The number of phenolic OH excluding ortho intramolecular Hbond substituents is 1. The summed E-state index contributed by atoms with van der Waals surface area (Å²) in [4.78, 5) is 23.1. The number of nitriles is 1. The molecule has 8 heteroatoms. The van der Waals surface area contributed by atoms with Crippen LogP contribution in [0.5, 0.6) is 5.75 Å². The molecule has 0 fully saturated rings. The number of nitrogens with one attached hydrogen (secondary N) is 1. The number of phenols is 1. The van der Waals surface area contributed by atoms with Crippen LogP contribution in [-0.2, 0) is 9.53 Å². The number of allylic oxidation sites excluding steroid dienone is 1. The van der Waals surface area contributed by atoms with E-state index in [0.29, 0.717) is 29.7 Å². The van der Waals surface area contributed by atoms with Gasteiger partial charge in [-0.25, -0.2) is 9.59 Å². The molecule has 0 radical (unpaired) electrons. The topological polar surface area (TPSA) is 120 Å². The van der Waals surface area contributed by atoms with Gasteiger partial charge in [-0.3, -0.25) is 5.32 Å². The van der Waals surface area contributed by atoms with Gasteiger partial charge in [-0.1, -0.05) is 28.9 Å². The first-order valence-electron chi connectivity index (χ1n) is 9.16. The lowest BCUT2D eigenvalue weighted by atomic mass is 9.92. The van der Waals surface area contributed by atoms with Crippen molar-refractivity contribution < 1.29 is 24.5 Å². The molecule has 1 amide bonds. The summed E-state index contributed by atoms with van der Waals surface area (Å²) in [5, 5.41) is 30.5. The number of amides is 1. The van der Waals surface area contributed by atoms with Gasteiger partial charge in [0.05, 0.1) is 11.6 Å². The molecule has 0 spiro atoms. The molecule has 2 atom stereocenters. The molecular weight excluding hydrogens is 452 g/mol. The highest BCUT2D eigenvalue weighted by molar-refractivity contribution is 9.10. The van der Waals surface area contributed by atoms with E-state index in [9.17, 15) is 14.7 Å². The van der Waals surface area contributed by atoms with Crippen LogP contribution in [-0.4, -0.2) is 22.3 Å². The minimum absolute atomic E-state index is 0.0118. The Labute approximate surface area is 182 Å². The molecule has 0 aromatic heterocycles. The lowest BCUT2D eigenvalue weighted by Gasteiger charge is -2.25. The molecule has 0 aliphatic carbocycles. The summed E-state index contributed by atoms with van der Waals surface area (Å²) in [5.74, 6) is -1.25. The first-order valence-corrected chi connectivity index (χ1v) is 9.95. The molecule has 0 saturated heterocycles. The van der Waals surface area contributed by atoms with Crippen LogP contribution in [0.3, 0.4) is 0 Å². The van der Waals surface area contributed by atoms with Crippen molar-refractivity contribution in [1.29, 1.82) is 5.26 Å². The Morgan fingerprint density at radius 1 is 1.27 bits per heavy atom. The number of aromatic hydroxyl groups is 1. The molecule has 2 rings (SSSR count). The zero-order valence-electron chi connectivity index (χ0n) is 16.2. The van der Waals surface area contributed by atoms with Crippen LogP contribution in [0, 0.1) is 17.2 Å². The fraction of sp³-hybridized carbons (Fsp3) is 0.227. The molecule has 0 aliphatic rings. The normalized spacial score (nSPS) is 12.7. The predicted molar refractivity (Wildman–Crippen MR) is 115 cm³/mol. The monoisotopic (exact) mass is 472 g/mol. The summed E-state index contributed by atoms with van der Waals surface area (Å²) in [7, 11) is 0. The minimum atomic E-state index is -1.03. The number of ether oxygens (including phenoxy) is 1. The van der Waals surface area contributed by atoms with Crippen molar-refractivity contribution >= 4 is 33.7 Å². The zero-order valence-corrected chi connectivity index (χ0v) is 17.8. The molecule has 3 N–H and O–H groups in total. The first-order chi connectivity index (χ1) is 14.3. The summed E-state index contributed by atoms with van der Waals surface area (Å²) in [6.45, 7) is 1.86. The van der Waals surface area contributed by atoms with Crippen molar-refractivity contribution in [2.45, 2.75) is 25.9 Å². The molecule has 0 bridgehead atoms. The molecule has 0 aliphatic heterocycles. The third-order valence-electron chi connectivity index (χ3n) is 4.36. The highest BCUT2D eigenvalue weighted by Gasteiger charge is 2.26. The van der Waals surface area contributed by atoms with E-state index in [2.05, 4.69) is 21.2 Å². The van der Waals surface area contributed by atoms with Gasteiger partial charge in [-0.05, 0) is 61.2 Å². The van der Waals surface area contributed by atoms with E-state index in [1.165, 1.54) is 12.1 Å². The van der Waals surface area contributed by atoms with Gasteiger partial charge in [0.1, 0.15) is 11.9 Å². The van der Waals surface area contributed by atoms with Crippen LogP contribution in [0.25, 0.3) is 0 Å². The maximum absolute atomic E-state index is 12.5. The van der Waals surface area contributed by atoms with Crippen molar-refractivity contribution in [2.24, 2.45) is 5.92 Å². The summed E-state index contributed by atoms with van der Waals surface area (Å²) in [6.07, 6.45) is 2.13. The van der Waals surface area contributed by atoms with E-state index in [1.54, 1.807) is 36.4 Å². The number of benzene rings is 2. The number of hydrogen-bond donors (Lipinski definition) is 3. The van der Waals surface area contributed by atoms with Crippen molar-refractivity contribution in [3.63, 3.8) is 0 Å². The first kappa shape index (κ1) is 23.0. The Morgan fingerprint density at radius 3 is 2.60 bits per heavy atom. The maximum atomic E-state index is 12.5. The number of nitrogens with zero attached hydrogens (tertiary/aromatic N) is 1. The van der Waals surface area contributed by atoms with Crippen molar-refractivity contribution in [3.8, 4) is 11.8 Å². The van der Waals surface area contributed by atoms with E-state index in [-0.39, 0.29) is 11.7 Å².